The molecule has 1 aromatic rings. The Morgan fingerprint density at radius 1 is 1.43 bits per heavy atom. The van der Waals surface area contributed by atoms with Crippen LogP contribution in [0.1, 0.15) is 33.9 Å². The Bertz CT molecular complexity index is 352. The fourth-order valence-electron chi connectivity index (χ4n) is 1.01. The SMILES string of the molecule is COC(=O)c1cc(C(=O)C(C)C)cs1. The van der Waals surface area contributed by atoms with Gasteiger partial charge in [-0.1, -0.05) is 13.8 Å². The van der Waals surface area contributed by atoms with Gasteiger partial charge in [0.2, 0.25) is 0 Å². The van der Waals surface area contributed by atoms with Crippen molar-refractivity contribution in [2.24, 2.45) is 5.92 Å². The highest BCUT2D eigenvalue weighted by Crippen LogP contribution is 2.18. The number of hydrogen-bond acceptors (Lipinski definition) is 4. The molecular formula is C10H12O3S. The number of esters is 1. The molecule has 0 radical (unpaired) electrons. The standard InChI is InChI=1S/C10H12O3S/c1-6(2)9(11)7-4-8(14-5-7)10(12)13-3/h4-6H,1-3H3. The van der Waals surface area contributed by atoms with Gasteiger partial charge in [0.1, 0.15) is 4.88 Å². The minimum atomic E-state index is -0.391. The third-order valence-electron chi connectivity index (χ3n) is 1.79. The highest BCUT2D eigenvalue weighted by molar-refractivity contribution is 7.12. The van der Waals surface area contributed by atoms with Gasteiger partial charge in [-0.2, -0.15) is 0 Å². The number of ketones is 1. The Balaban J connectivity index is 2.88. The van der Waals surface area contributed by atoms with Crippen molar-refractivity contribution in [1.82, 2.24) is 0 Å². The fraction of sp³-hybridized carbons (Fsp3) is 0.400. The average Bonchev–Trinajstić information content (AvgIpc) is 2.64. The molecule has 1 aromatic heterocycles. The first-order valence-electron chi connectivity index (χ1n) is 4.27. The topological polar surface area (TPSA) is 43.4 Å². The van der Waals surface area contributed by atoms with Gasteiger partial charge < -0.3 is 4.74 Å². The van der Waals surface area contributed by atoms with Gasteiger partial charge in [-0.15, -0.1) is 11.3 Å². The Morgan fingerprint density at radius 3 is 2.57 bits per heavy atom. The summed E-state index contributed by atoms with van der Waals surface area (Å²) in [5.74, 6) is -0.385. The van der Waals surface area contributed by atoms with Crippen LogP contribution >= 0.6 is 11.3 Å². The van der Waals surface area contributed by atoms with Crippen LogP contribution in [0.2, 0.25) is 0 Å². The van der Waals surface area contributed by atoms with E-state index >= 15 is 0 Å². The maximum Gasteiger partial charge on any atom is 0.348 e. The van der Waals surface area contributed by atoms with Crippen molar-refractivity contribution < 1.29 is 14.3 Å². The van der Waals surface area contributed by atoms with Crippen molar-refractivity contribution >= 4 is 23.1 Å². The molecule has 0 unspecified atom stereocenters. The molecule has 0 spiro atoms. The van der Waals surface area contributed by atoms with Crippen LogP contribution in [0, 0.1) is 5.92 Å². The van der Waals surface area contributed by atoms with Gasteiger partial charge >= 0.3 is 5.97 Å². The summed E-state index contributed by atoms with van der Waals surface area (Å²) < 4.78 is 4.55. The Kier molecular flexibility index (Phi) is 3.41. The van der Waals surface area contributed by atoms with Crippen LogP contribution in [0.25, 0.3) is 0 Å². The second-order valence-electron chi connectivity index (χ2n) is 3.21. The molecule has 0 fully saturated rings. The lowest BCUT2D eigenvalue weighted by Gasteiger charge is -1.99. The Hall–Kier alpha value is -1.16. The van der Waals surface area contributed by atoms with Crippen molar-refractivity contribution in [2.75, 3.05) is 7.11 Å². The third-order valence-corrected chi connectivity index (χ3v) is 2.71. The quantitative estimate of drug-likeness (QED) is 0.570. The van der Waals surface area contributed by atoms with Gasteiger partial charge in [0, 0.05) is 16.9 Å². The number of hydrogen-bond donors (Lipinski definition) is 0. The molecule has 14 heavy (non-hydrogen) atoms. The lowest BCUT2D eigenvalue weighted by atomic mass is 10.0. The smallest absolute Gasteiger partial charge is 0.348 e. The Morgan fingerprint density at radius 2 is 2.07 bits per heavy atom. The Labute approximate surface area is 86.7 Å². The van der Waals surface area contributed by atoms with Crippen LogP contribution in [0.15, 0.2) is 11.4 Å². The van der Waals surface area contributed by atoms with E-state index in [2.05, 4.69) is 4.74 Å². The summed E-state index contributed by atoms with van der Waals surface area (Å²) >= 11 is 1.23. The summed E-state index contributed by atoms with van der Waals surface area (Å²) in [5, 5.41) is 1.69. The monoisotopic (exact) mass is 212 g/mol. The number of carbonyl (C=O) groups excluding carboxylic acids is 2. The molecule has 1 rings (SSSR count). The molecule has 1 heterocycles. The maximum atomic E-state index is 11.5. The molecule has 0 saturated carbocycles. The number of ether oxygens (including phenoxy) is 1. The van der Waals surface area contributed by atoms with E-state index in [-0.39, 0.29) is 11.7 Å². The summed E-state index contributed by atoms with van der Waals surface area (Å²) in [6, 6.07) is 1.58. The molecule has 0 aliphatic rings. The number of Topliss-reactive ketones (excluding diaryl/α,β-unsaturated/α-hetero) is 1. The van der Waals surface area contributed by atoms with E-state index < -0.39 is 5.97 Å². The van der Waals surface area contributed by atoms with Crippen molar-refractivity contribution in [3.63, 3.8) is 0 Å². The summed E-state index contributed by atoms with van der Waals surface area (Å²) in [4.78, 5) is 23.1. The molecule has 0 amide bonds. The molecule has 76 valence electrons. The van der Waals surface area contributed by atoms with Crippen molar-refractivity contribution in [3.8, 4) is 0 Å². The van der Waals surface area contributed by atoms with Gasteiger partial charge in [-0.3, -0.25) is 4.79 Å². The van der Waals surface area contributed by atoms with E-state index in [0.717, 1.165) is 0 Å². The summed E-state index contributed by atoms with van der Waals surface area (Å²) in [5.41, 5.74) is 0.588. The first kappa shape index (κ1) is 10.9. The van der Waals surface area contributed by atoms with Crippen molar-refractivity contribution in [1.29, 1.82) is 0 Å². The first-order valence-corrected chi connectivity index (χ1v) is 5.15. The molecule has 0 N–H and O–H groups in total. The molecule has 0 aliphatic heterocycles. The first-order chi connectivity index (χ1) is 6.56. The lowest BCUT2D eigenvalue weighted by molar-refractivity contribution is 0.0606. The maximum absolute atomic E-state index is 11.5. The van der Waals surface area contributed by atoms with E-state index in [0.29, 0.717) is 10.4 Å². The number of carbonyl (C=O) groups is 2. The van der Waals surface area contributed by atoms with Crippen LogP contribution < -0.4 is 0 Å². The summed E-state index contributed by atoms with van der Waals surface area (Å²) in [6.07, 6.45) is 0. The molecule has 4 heteroatoms. The fourth-order valence-corrected chi connectivity index (χ4v) is 1.82. The van der Waals surface area contributed by atoms with Gasteiger partial charge in [0.05, 0.1) is 7.11 Å². The molecular weight excluding hydrogens is 200 g/mol. The summed E-state index contributed by atoms with van der Waals surface area (Å²) in [6.45, 7) is 3.66. The predicted molar refractivity (Wildman–Crippen MR) is 54.8 cm³/mol. The zero-order valence-corrected chi connectivity index (χ0v) is 9.18. The predicted octanol–water partition coefficient (Wildman–Crippen LogP) is 2.37. The number of methoxy groups -OCH3 is 1. The lowest BCUT2D eigenvalue weighted by Crippen LogP contribution is -2.06. The molecule has 0 aromatic carbocycles. The number of rotatable bonds is 3. The highest BCUT2D eigenvalue weighted by atomic mass is 32.1. The molecule has 0 saturated heterocycles. The van der Waals surface area contributed by atoms with Gasteiger partial charge in [-0.25, -0.2) is 4.79 Å². The van der Waals surface area contributed by atoms with Crippen LogP contribution in [0.4, 0.5) is 0 Å². The normalized spacial score (nSPS) is 10.3. The molecule has 3 nitrogen and oxygen atoms in total. The van der Waals surface area contributed by atoms with Gasteiger partial charge in [0.15, 0.2) is 5.78 Å². The minimum Gasteiger partial charge on any atom is -0.465 e. The molecule has 0 atom stereocenters. The zero-order chi connectivity index (χ0) is 10.7. The van der Waals surface area contributed by atoms with Crippen molar-refractivity contribution in [3.05, 3.63) is 21.9 Å². The van der Waals surface area contributed by atoms with Crippen LogP contribution in [0.5, 0.6) is 0 Å². The van der Waals surface area contributed by atoms with E-state index in [1.165, 1.54) is 18.4 Å². The largest absolute Gasteiger partial charge is 0.465 e. The van der Waals surface area contributed by atoms with Gasteiger partial charge in [-0.05, 0) is 6.07 Å². The van der Waals surface area contributed by atoms with Crippen LogP contribution in [-0.2, 0) is 4.74 Å². The van der Waals surface area contributed by atoms with Crippen LogP contribution in [0.3, 0.4) is 0 Å². The van der Waals surface area contributed by atoms with E-state index in [1.807, 2.05) is 13.8 Å². The zero-order valence-electron chi connectivity index (χ0n) is 8.37. The van der Waals surface area contributed by atoms with Crippen molar-refractivity contribution in [2.45, 2.75) is 13.8 Å². The van der Waals surface area contributed by atoms with E-state index in [9.17, 15) is 9.59 Å². The second kappa shape index (κ2) is 4.37. The molecule has 0 aliphatic carbocycles. The highest BCUT2D eigenvalue weighted by Gasteiger charge is 2.15. The van der Waals surface area contributed by atoms with Crippen LogP contribution in [-0.4, -0.2) is 18.9 Å². The minimum absolute atomic E-state index is 0.0462. The summed E-state index contributed by atoms with van der Waals surface area (Å²) in [7, 11) is 1.33. The number of thiophene rings is 1. The average molecular weight is 212 g/mol. The van der Waals surface area contributed by atoms with E-state index in [1.54, 1.807) is 11.4 Å². The van der Waals surface area contributed by atoms with Gasteiger partial charge in [0.25, 0.3) is 0 Å². The molecule has 0 bridgehead atoms. The van der Waals surface area contributed by atoms with E-state index in [4.69, 9.17) is 0 Å². The second-order valence-corrected chi connectivity index (χ2v) is 4.12. The third kappa shape index (κ3) is 2.20.